The Labute approximate surface area is 184 Å². The molecule has 9 heteroatoms. The van der Waals surface area contributed by atoms with Gasteiger partial charge in [-0.25, -0.2) is 0 Å². The van der Waals surface area contributed by atoms with Gasteiger partial charge in [-0.3, -0.25) is 14.3 Å². The van der Waals surface area contributed by atoms with E-state index in [9.17, 15) is 0 Å². The van der Waals surface area contributed by atoms with Crippen LogP contribution < -0.4 is 10.6 Å². The minimum absolute atomic E-state index is 0. The first kappa shape index (κ1) is 22.8. The number of ether oxygens (including phenoxy) is 1. The van der Waals surface area contributed by atoms with Crippen LogP contribution in [0.5, 0.6) is 0 Å². The summed E-state index contributed by atoms with van der Waals surface area (Å²) >= 11 is 0. The second kappa shape index (κ2) is 10.9. The molecular weight excluding hydrogens is 469 g/mol. The summed E-state index contributed by atoms with van der Waals surface area (Å²) in [6.07, 6.45) is 2.78. The predicted molar refractivity (Wildman–Crippen MR) is 123 cm³/mol. The number of fused-ring (bicyclic) bond motifs is 1. The molecule has 0 amide bonds. The molecule has 0 spiro atoms. The summed E-state index contributed by atoms with van der Waals surface area (Å²) in [5.74, 6) is 1.79. The number of pyridine rings is 1. The third kappa shape index (κ3) is 6.02. The highest BCUT2D eigenvalue weighted by Crippen LogP contribution is 2.16. The fourth-order valence-electron chi connectivity index (χ4n) is 3.24. The fourth-order valence-corrected chi connectivity index (χ4v) is 3.24. The molecule has 0 aromatic carbocycles. The van der Waals surface area contributed by atoms with Crippen molar-refractivity contribution in [1.29, 1.82) is 0 Å². The highest BCUT2D eigenvalue weighted by atomic mass is 127. The van der Waals surface area contributed by atoms with Crippen LogP contribution in [0.3, 0.4) is 0 Å². The molecule has 28 heavy (non-hydrogen) atoms. The average molecular weight is 501 g/mol. The molecule has 1 aliphatic rings. The van der Waals surface area contributed by atoms with Gasteiger partial charge in [0.2, 0.25) is 0 Å². The van der Waals surface area contributed by atoms with Gasteiger partial charge in [-0.15, -0.1) is 34.2 Å². The second-order valence-corrected chi connectivity index (χ2v) is 7.33. The fraction of sp³-hybridized carbons (Fsp3) is 0.632. The summed E-state index contributed by atoms with van der Waals surface area (Å²) in [5.41, 5.74) is 0.885. The third-order valence-electron chi connectivity index (χ3n) is 4.86. The summed E-state index contributed by atoms with van der Waals surface area (Å²) in [6, 6.07) is 5.92. The third-order valence-corrected chi connectivity index (χ3v) is 4.86. The van der Waals surface area contributed by atoms with Gasteiger partial charge >= 0.3 is 0 Å². The van der Waals surface area contributed by atoms with Gasteiger partial charge in [0.25, 0.3) is 0 Å². The van der Waals surface area contributed by atoms with Crippen LogP contribution in [-0.2, 0) is 11.2 Å². The lowest BCUT2D eigenvalue weighted by atomic mass is 10.0. The van der Waals surface area contributed by atoms with E-state index in [1.807, 2.05) is 28.8 Å². The summed E-state index contributed by atoms with van der Waals surface area (Å²) in [5, 5.41) is 15.2. The Kier molecular flexibility index (Phi) is 8.90. The van der Waals surface area contributed by atoms with Crippen LogP contribution in [0.15, 0.2) is 29.4 Å². The zero-order valence-corrected chi connectivity index (χ0v) is 19.3. The first-order chi connectivity index (χ1) is 13.1. The van der Waals surface area contributed by atoms with Crippen molar-refractivity contribution in [3.05, 3.63) is 30.2 Å². The average Bonchev–Trinajstić information content (AvgIpc) is 3.10. The Bertz CT molecular complexity index is 756. The number of rotatable bonds is 7. The Morgan fingerprint density at radius 3 is 2.75 bits per heavy atom. The topological polar surface area (TPSA) is 79.1 Å². The largest absolute Gasteiger partial charge is 0.379 e. The van der Waals surface area contributed by atoms with Crippen molar-refractivity contribution in [3.8, 4) is 0 Å². The predicted octanol–water partition coefficient (Wildman–Crippen LogP) is 1.56. The molecular formula is C19H32IN7O. The molecule has 8 nitrogen and oxygen atoms in total. The molecule has 1 saturated heterocycles. The van der Waals surface area contributed by atoms with Crippen molar-refractivity contribution in [1.82, 2.24) is 30.1 Å². The molecule has 0 bridgehead atoms. The molecule has 2 N–H and O–H groups in total. The van der Waals surface area contributed by atoms with E-state index in [1.165, 1.54) is 0 Å². The number of halogens is 1. The number of aliphatic imine (C=N–C) groups is 1. The quantitative estimate of drug-likeness (QED) is 0.341. The molecule has 3 rings (SSSR count). The first-order valence-electron chi connectivity index (χ1n) is 9.74. The van der Waals surface area contributed by atoms with E-state index >= 15 is 0 Å². The maximum absolute atomic E-state index is 5.46. The van der Waals surface area contributed by atoms with E-state index in [0.717, 1.165) is 69.8 Å². The molecule has 0 aliphatic carbocycles. The molecule has 0 radical (unpaired) electrons. The normalized spacial score (nSPS) is 16.0. The Morgan fingerprint density at radius 1 is 1.21 bits per heavy atom. The molecule has 1 fully saturated rings. The highest BCUT2D eigenvalue weighted by molar-refractivity contribution is 14.0. The van der Waals surface area contributed by atoms with E-state index in [2.05, 4.69) is 46.5 Å². The second-order valence-electron chi connectivity index (χ2n) is 7.33. The summed E-state index contributed by atoms with van der Waals surface area (Å²) in [6.45, 7) is 12.4. The van der Waals surface area contributed by atoms with E-state index in [1.54, 1.807) is 0 Å². The maximum atomic E-state index is 5.46. The lowest BCUT2D eigenvalue weighted by Crippen LogP contribution is -2.52. The SMILES string of the molecule is CCNC(=NCC(C)(C)N1CCOCC1)NCCc1nnc2ccccn12.I. The molecule has 0 atom stereocenters. The highest BCUT2D eigenvalue weighted by Gasteiger charge is 2.28. The minimum atomic E-state index is 0. The number of nitrogens with zero attached hydrogens (tertiary/aromatic N) is 5. The van der Waals surface area contributed by atoms with E-state index in [0.29, 0.717) is 0 Å². The Morgan fingerprint density at radius 2 is 2.00 bits per heavy atom. The van der Waals surface area contributed by atoms with Crippen molar-refractivity contribution in [2.75, 3.05) is 45.9 Å². The number of nitrogens with one attached hydrogen (secondary N) is 2. The van der Waals surface area contributed by atoms with Crippen LogP contribution in [0, 0.1) is 0 Å². The number of aromatic nitrogens is 3. The van der Waals surface area contributed by atoms with Gasteiger partial charge in [-0.1, -0.05) is 6.07 Å². The molecule has 156 valence electrons. The van der Waals surface area contributed by atoms with Crippen LogP contribution in [0.4, 0.5) is 0 Å². The number of hydrogen-bond donors (Lipinski definition) is 2. The van der Waals surface area contributed by atoms with Crippen LogP contribution in [0.2, 0.25) is 0 Å². The van der Waals surface area contributed by atoms with Crippen LogP contribution in [0.1, 0.15) is 26.6 Å². The molecule has 2 aromatic heterocycles. The first-order valence-corrected chi connectivity index (χ1v) is 9.74. The van der Waals surface area contributed by atoms with Crippen LogP contribution in [-0.4, -0.2) is 76.9 Å². The monoisotopic (exact) mass is 501 g/mol. The lowest BCUT2D eigenvalue weighted by Gasteiger charge is -2.39. The molecule has 3 heterocycles. The Hall–Kier alpha value is -1.46. The van der Waals surface area contributed by atoms with Crippen molar-refractivity contribution < 1.29 is 4.74 Å². The van der Waals surface area contributed by atoms with Crippen LogP contribution >= 0.6 is 24.0 Å². The standard InChI is InChI=1S/C19H31N7O.HI/c1-4-20-18(22-15-19(2,3)25-11-13-27-14-12-25)21-9-8-17-24-23-16-7-5-6-10-26(16)17;/h5-7,10H,4,8-9,11-15H2,1-3H3,(H2,20,21,22);1H. The van der Waals surface area contributed by atoms with Gasteiger partial charge in [0.05, 0.1) is 19.8 Å². The van der Waals surface area contributed by atoms with Gasteiger partial charge in [0.1, 0.15) is 5.82 Å². The van der Waals surface area contributed by atoms with Gasteiger partial charge in [-0.2, -0.15) is 0 Å². The van der Waals surface area contributed by atoms with Crippen LogP contribution in [0.25, 0.3) is 5.65 Å². The number of hydrogen-bond acceptors (Lipinski definition) is 5. The minimum Gasteiger partial charge on any atom is -0.379 e. The van der Waals surface area contributed by atoms with Crippen molar-refractivity contribution in [3.63, 3.8) is 0 Å². The van der Waals surface area contributed by atoms with Crippen molar-refractivity contribution in [2.24, 2.45) is 4.99 Å². The van der Waals surface area contributed by atoms with E-state index in [-0.39, 0.29) is 29.5 Å². The summed E-state index contributed by atoms with van der Waals surface area (Å²) in [7, 11) is 0. The van der Waals surface area contributed by atoms with E-state index in [4.69, 9.17) is 9.73 Å². The molecule has 0 saturated carbocycles. The summed E-state index contributed by atoms with van der Waals surface area (Å²) in [4.78, 5) is 7.26. The molecule has 0 unspecified atom stereocenters. The van der Waals surface area contributed by atoms with Gasteiger partial charge in [0, 0.05) is 44.3 Å². The smallest absolute Gasteiger partial charge is 0.191 e. The molecule has 2 aromatic rings. The lowest BCUT2D eigenvalue weighted by molar-refractivity contribution is -0.00683. The van der Waals surface area contributed by atoms with E-state index < -0.39 is 0 Å². The van der Waals surface area contributed by atoms with Gasteiger partial charge in [0.15, 0.2) is 11.6 Å². The van der Waals surface area contributed by atoms with Crippen molar-refractivity contribution >= 4 is 35.6 Å². The number of guanidine groups is 1. The molecule has 1 aliphatic heterocycles. The zero-order valence-electron chi connectivity index (χ0n) is 17.0. The number of morpholine rings is 1. The van der Waals surface area contributed by atoms with Gasteiger partial charge < -0.3 is 15.4 Å². The van der Waals surface area contributed by atoms with Crippen molar-refractivity contribution in [2.45, 2.75) is 32.7 Å². The summed E-state index contributed by atoms with van der Waals surface area (Å²) < 4.78 is 7.48. The van der Waals surface area contributed by atoms with Gasteiger partial charge in [-0.05, 0) is 32.9 Å². The maximum Gasteiger partial charge on any atom is 0.191 e. The Balaban J connectivity index is 0.00000280. The zero-order chi connectivity index (χ0) is 19.1.